The van der Waals surface area contributed by atoms with E-state index in [-0.39, 0.29) is 23.3 Å². The molecule has 2 aromatic carbocycles. The van der Waals surface area contributed by atoms with E-state index in [1.165, 1.54) is 4.31 Å². The molecule has 1 aliphatic rings. The van der Waals surface area contributed by atoms with Crippen LogP contribution in [0.1, 0.15) is 36.8 Å². The Balaban J connectivity index is 1.77. The van der Waals surface area contributed by atoms with Crippen molar-refractivity contribution < 1.29 is 17.9 Å². The van der Waals surface area contributed by atoms with Crippen LogP contribution in [0, 0.1) is 13.8 Å². The molecular formula is C22H28N2O4S. The van der Waals surface area contributed by atoms with Crippen molar-refractivity contribution in [3.63, 3.8) is 0 Å². The molecule has 156 valence electrons. The highest BCUT2D eigenvalue weighted by atomic mass is 32.2. The van der Waals surface area contributed by atoms with E-state index in [2.05, 4.69) is 5.32 Å². The Morgan fingerprint density at radius 1 is 1.10 bits per heavy atom. The lowest BCUT2D eigenvalue weighted by molar-refractivity contribution is -0.117. The molecule has 1 fully saturated rings. The molecule has 0 aliphatic carbocycles. The van der Waals surface area contributed by atoms with E-state index in [0.29, 0.717) is 18.7 Å². The Hall–Kier alpha value is -2.38. The van der Waals surface area contributed by atoms with Crippen LogP contribution in [-0.2, 0) is 14.8 Å². The van der Waals surface area contributed by atoms with Crippen molar-refractivity contribution in [1.82, 2.24) is 4.31 Å². The number of piperidine rings is 1. The van der Waals surface area contributed by atoms with E-state index in [1.807, 2.05) is 32.0 Å². The number of methoxy groups -OCH3 is 1. The first-order valence-corrected chi connectivity index (χ1v) is 11.3. The largest absolute Gasteiger partial charge is 0.497 e. The molecule has 1 atom stereocenters. The van der Waals surface area contributed by atoms with Crippen LogP contribution < -0.4 is 10.1 Å². The SMILES string of the molecule is COc1ccc(S(=O)(=O)N2CCCC[C@@H]2CC(=O)Nc2c(C)cccc2C)cc1. The lowest BCUT2D eigenvalue weighted by Crippen LogP contribution is -2.45. The van der Waals surface area contributed by atoms with Crippen LogP contribution in [0.3, 0.4) is 0 Å². The fourth-order valence-electron chi connectivity index (χ4n) is 3.79. The van der Waals surface area contributed by atoms with Crippen molar-refractivity contribution in [1.29, 1.82) is 0 Å². The normalized spacial score (nSPS) is 17.7. The van der Waals surface area contributed by atoms with Crippen LogP contribution in [0.5, 0.6) is 5.75 Å². The minimum absolute atomic E-state index is 0.142. The number of aryl methyl sites for hydroxylation is 2. The molecule has 0 radical (unpaired) electrons. The number of benzene rings is 2. The van der Waals surface area contributed by atoms with Gasteiger partial charge in [0, 0.05) is 24.7 Å². The third-order valence-corrected chi connectivity index (χ3v) is 7.37. The van der Waals surface area contributed by atoms with Gasteiger partial charge in [-0.05, 0) is 62.1 Å². The van der Waals surface area contributed by atoms with Crippen molar-refractivity contribution in [3.05, 3.63) is 53.6 Å². The Labute approximate surface area is 172 Å². The van der Waals surface area contributed by atoms with E-state index < -0.39 is 10.0 Å². The summed E-state index contributed by atoms with van der Waals surface area (Å²) < 4.78 is 33.0. The predicted octanol–water partition coefficient (Wildman–Crippen LogP) is 3.88. The number of nitrogens with zero attached hydrogens (tertiary/aromatic N) is 1. The fraction of sp³-hybridized carbons (Fsp3) is 0.409. The van der Waals surface area contributed by atoms with Crippen LogP contribution in [-0.4, -0.2) is 38.3 Å². The lowest BCUT2D eigenvalue weighted by Gasteiger charge is -2.34. The average Bonchev–Trinajstić information content (AvgIpc) is 2.71. The van der Waals surface area contributed by atoms with E-state index in [4.69, 9.17) is 4.74 Å². The molecule has 0 unspecified atom stereocenters. The Kier molecular flexibility index (Phi) is 6.59. The predicted molar refractivity (Wildman–Crippen MR) is 114 cm³/mol. The molecule has 2 aromatic rings. The minimum Gasteiger partial charge on any atom is -0.497 e. The first-order valence-electron chi connectivity index (χ1n) is 9.85. The maximum absolute atomic E-state index is 13.2. The number of rotatable bonds is 6. The molecule has 0 spiro atoms. The van der Waals surface area contributed by atoms with Gasteiger partial charge >= 0.3 is 0 Å². The monoisotopic (exact) mass is 416 g/mol. The summed E-state index contributed by atoms with van der Waals surface area (Å²) in [5, 5.41) is 2.98. The Morgan fingerprint density at radius 2 is 1.76 bits per heavy atom. The maximum Gasteiger partial charge on any atom is 0.243 e. The molecule has 1 heterocycles. The molecule has 3 rings (SSSR count). The van der Waals surface area contributed by atoms with Crippen LogP contribution in [0.2, 0.25) is 0 Å². The number of anilines is 1. The topological polar surface area (TPSA) is 75.7 Å². The van der Waals surface area contributed by atoms with Crippen LogP contribution in [0.15, 0.2) is 47.4 Å². The lowest BCUT2D eigenvalue weighted by atomic mass is 10.0. The number of hydrogen-bond acceptors (Lipinski definition) is 4. The van der Waals surface area contributed by atoms with E-state index in [9.17, 15) is 13.2 Å². The molecule has 1 aliphatic heterocycles. The second-order valence-corrected chi connectivity index (χ2v) is 9.35. The van der Waals surface area contributed by atoms with Crippen molar-refractivity contribution in [2.45, 2.75) is 50.5 Å². The second kappa shape index (κ2) is 8.97. The molecule has 29 heavy (non-hydrogen) atoms. The highest BCUT2D eigenvalue weighted by molar-refractivity contribution is 7.89. The summed E-state index contributed by atoms with van der Waals surface area (Å²) in [6.45, 7) is 4.32. The molecular weight excluding hydrogens is 388 g/mol. The van der Waals surface area contributed by atoms with Gasteiger partial charge in [0.1, 0.15) is 5.75 Å². The Morgan fingerprint density at radius 3 is 2.38 bits per heavy atom. The van der Waals surface area contributed by atoms with Crippen molar-refractivity contribution in [2.75, 3.05) is 19.0 Å². The summed E-state index contributed by atoms with van der Waals surface area (Å²) in [7, 11) is -2.13. The average molecular weight is 417 g/mol. The third-order valence-electron chi connectivity index (χ3n) is 5.41. The van der Waals surface area contributed by atoms with Gasteiger partial charge in [-0.1, -0.05) is 24.6 Å². The van der Waals surface area contributed by atoms with Crippen molar-refractivity contribution >= 4 is 21.6 Å². The van der Waals surface area contributed by atoms with Gasteiger partial charge in [0.05, 0.1) is 12.0 Å². The molecule has 0 saturated carbocycles. The number of hydrogen-bond donors (Lipinski definition) is 1. The highest BCUT2D eigenvalue weighted by Gasteiger charge is 2.34. The van der Waals surface area contributed by atoms with Gasteiger partial charge in [0.15, 0.2) is 0 Å². The van der Waals surface area contributed by atoms with Gasteiger partial charge in [-0.2, -0.15) is 4.31 Å². The zero-order valence-corrected chi connectivity index (χ0v) is 18.0. The zero-order chi connectivity index (χ0) is 21.0. The number of sulfonamides is 1. The third kappa shape index (κ3) is 4.79. The summed E-state index contributed by atoms with van der Waals surface area (Å²) in [5.74, 6) is 0.441. The number of nitrogens with one attached hydrogen (secondary N) is 1. The van der Waals surface area contributed by atoms with E-state index in [0.717, 1.165) is 29.7 Å². The number of amides is 1. The van der Waals surface area contributed by atoms with Gasteiger partial charge in [-0.3, -0.25) is 4.79 Å². The van der Waals surface area contributed by atoms with Crippen LogP contribution in [0.4, 0.5) is 5.69 Å². The highest BCUT2D eigenvalue weighted by Crippen LogP contribution is 2.29. The van der Waals surface area contributed by atoms with Crippen LogP contribution >= 0.6 is 0 Å². The summed E-state index contributed by atoms with van der Waals surface area (Å²) >= 11 is 0. The minimum atomic E-state index is -3.67. The van der Waals surface area contributed by atoms with Gasteiger partial charge in [-0.15, -0.1) is 0 Å². The molecule has 6 nitrogen and oxygen atoms in total. The van der Waals surface area contributed by atoms with Crippen molar-refractivity contribution in [2.24, 2.45) is 0 Å². The number of carbonyl (C=O) groups excluding carboxylic acids is 1. The molecule has 0 aromatic heterocycles. The van der Waals surface area contributed by atoms with Gasteiger partial charge in [0.25, 0.3) is 0 Å². The van der Waals surface area contributed by atoms with Gasteiger partial charge < -0.3 is 10.1 Å². The Bertz CT molecular complexity index is 951. The summed E-state index contributed by atoms with van der Waals surface area (Å²) in [5.41, 5.74) is 2.78. The number of carbonyl (C=O) groups is 1. The summed E-state index contributed by atoms with van der Waals surface area (Å²) in [4.78, 5) is 13.0. The first-order chi connectivity index (χ1) is 13.8. The van der Waals surface area contributed by atoms with E-state index >= 15 is 0 Å². The summed E-state index contributed by atoms with van der Waals surface area (Å²) in [6, 6.07) is 11.9. The van der Waals surface area contributed by atoms with E-state index in [1.54, 1.807) is 31.4 Å². The van der Waals surface area contributed by atoms with Gasteiger partial charge in [-0.25, -0.2) is 8.42 Å². The maximum atomic E-state index is 13.2. The van der Waals surface area contributed by atoms with Gasteiger partial charge in [0.2, 0.25) is 15.9 Å². The smallest absolute Gasteiger partial charge is 0.243 e. The quantitative estimate of drug-likeness (QED) is 0.775. The van der Waals surface area contributed by atoms with Crippen molar-refractivity contribution in [3.8, 4) is 5.75 Å². The number of para-hydroxylation sites is 1. The standard InChI is InChI=1S/C22H28N2O4S/c1-16-7-6-8-17(2)22(16)23-21(25)15-18-9-4-5-14-24(18)29(26,27)20-12-10-19(28-3)11-13-20/h6-8,10-13,18H,4-5,9,14-15H2,1-3H3,(H,23,25)/t18-/m1/s1. The van der Waals surface area contributed by atoms with Crippen LogP contribution in [0.25, 0.3) is 0 Å². The number of ether oxygens (including phenoxy) is 1. The molecule has 1 amide bonds. The zero-order valence-electron chi connectivity index (χ0n) is 17.1. The molecule has 1 N–H and O–H groups in total. The fourth-order valence-corrected chi connectivity index (χ4v) is 5.49. The molecule has 1 saturated heterocycles. The molecule has 0 bridgehead atoms. The first kappa shape index (κ1) is 21.3. The second-order valence-electron chi connectivity index (χ2n) is 7.46. The summed E-state index contributed by atoms with van der Waals surface area (Å²) in [6.07, 6.45) is 2.53. The molecule has 7 heteroatoms.